The van der Waals surface area contributed by atoms with E-state index in [1.165, 1.54) is 7.11 Å². The Morgan fingerprint density at radius 1 is 1.24 bits per heavy atom. The van der Waals surface area contributed by atoms with Crippen molar-refractivity contribution in [1.82, 2.24) is 4.31 Å². The third-order valence-electron chi connectivity index (χ3n) is 2.41. The van der Waals surface area contributed by atoms with E-state index in [4.69, 9.17) is 0 Å². The number of methoxy groups -OCH3 is 1. The Morgan fingerprint density at radius 3 is 2.38 bits per heavy atom. The smallest absolute Gasteiger partial charge is 0.383 e. The lowest BCUT2D eigenvalue weighted by atomic mass is 10.3. The SMILES string of the molecule is COCCN(CC(F)(F)F)S(=O)(=O)c1cc(F)ccc1F. The van der Waals surface area contributed by atoms with Gasteiger partial charge in [0.25, 0.3) is 0 Å². The number of hydrogen-bond acceptors (Lipinski definition) is 3. The van der Waals surface area contributed by atoms with E-state index >= 15 is 0 Å². The number of ether oxygens (including phenoxy) is 1. The van der Waals surface area contributed by atoms with Crippen LogP contribution < -0.4 is 0 Å². The number of alkyl halides is 3. The molecule has 0 fully saturated rings. The van der Waals surface area contributed by atoms with Crippen LogP contribution in [0.5, 0.6) is 0 Å². The fraction of sp³-hybridized carbons (Fsp3) is 0.455. The average Bonchev–Trinajstić information content (AvgIpc) is 2.35. The lowest BCUT2D eigenvalue weighted by Gasteiger charge is -2.23. The minimum absolute atomic E-state index is 0.00560. The van der Waals surface area contributed by atoms with Crippen molar-refractivity contribution in [3.8, 4) is 0 Å². The van der Waals surface area contributed by atoms with E-state index in [2.05, 4.69) is 4.74 Å². The first-order valence-corrected chi connectivity index (χ1v) is 7.03. The first kappa shape index (κ1) is 17.8. The third-order valence-corrected chi connectivity index (χ3v) is 4.27. The molecule has 0 aliphatic rings. The number of benzene rings is 1. The normalized spacial score (nSPS) is 12.9. The molecule has 0 N–H and O–H groups in total. The Morgan fingerprint density at radius 2 is 1.86 bits per heavy atom. The second-order valence-electron chi connectivity index (χ2n) is 4.02. The summed E-state index contributed by atoms with van der Waals surface area (Å²) in [5, 5.41) is 0. The molecule has 0 saturated carbocycles. The summed E-state index contributed by atoms with van der Waals surface area (Å²) in [5.41, 5.74) is 0. The first-order valence-electron chi connectivity index (χ1n) is 5.59. The molecule has 0 bridgehead atoms. The maximum absolute atomic E-state index is 13.5. The molecule has 1 rings (SSSR count). The highest BCUT2D eigenvalue weighted by atomic mass is 32.2. The first-order chi connectivity index (χ1) is 9.58. The quantitative estimate of drug-likeness (QED) is 0.750. The highest BCUT2D eigenvalue weighted by Crippen LogP contribution is 2.24. The van der Waals surface area contributed by atoms with Gasteiger partial charge < -0.3 is 4.74 Å². The second-order valence-corrected chi connectivity index (χ2v) is 5.93. The van der Waals surface area contributed by atoms with Crippen LogP contribution in [0.25, 0.3) is 0 Å². The fourth-order valence-electron chi connectivity index (χ4n) is 1.49. The van der Waals surface area contributed by atoms with Gasteiger partial charge in [-0.25, -0.2) is 17.2 Å². The largest absolute Gasteiger partial charge is 0.402 e. The highest BCUT2D eigenvalue weighted by molar-refractivity contribution is 7.89. The van der Waals surface area contributed by atoms with E-state index in [-0.39, 0.29) is 10.9 Å². The zero-order valence-corrected chi connectivity index (χ0v) is 11.6. The predicted octanol–water partition coefficient (Wildman–Crippen LogP) is 2.16. The van der Waals surface area contributed by atoms with Crippen molar-refractivity contribution in [3.05, 3.63) is 29.8 Å². The summed E-state index contributed by atoms with van der Waals surface area (Å²) in [6.45, 7) is -2.80. The van der Waals surface area contributed by atoms with Gasteiger partial charge in [-0.05, 0) is 18.2 Å². The van der Waals surface area contributed by atoms with Crippen molar-refractivity contribution >= 4 is 10.0 Å². The van der Waals surface area contributed by atoms with Gasteiger partial charge in [0.15, 0.2) is 0 Å². The minimum atomic E-state index is -4.84. The van der Waals surface area contributed by atoms with Crippen molar-refractivity contribution in [1.29, 1.82) is 0 Å². The van der Waals surface area contributed by atoms with Gasteiger partial charge in [-0.3, -0.25) is 0 Å². The van der Waals surface area contributed by atoms with Crippen LogP contribution in [-0.2, 0) is 14.8 Å². The molecule has 4 nitrogen and oxygen atoms in total. The van der Waals surface area contributed by atoms with Gasteiger partial charge >= 0.3 is 6.18 Å². The van der Waals surface area contributed by atoms with Crippen molar-refractivity contribution < 1.29 is 35.1 Å². The van der Waals surface area contributed by atoms with Crippen LogP contribution in [0.4, 0.5) is 22.0 Å². The summed E-state index contributed by atoms with van der Waals surface area (Å²) in [6.07, 6.45) is -4.83. The van der Waals surface area contributed by atoms with Crippen molar-refractivity contribution in [2.75, 3.05) is 26.8 Å². The molecule has 1 aromatic carbocycles. The highest BCUT2D eigenvalue weighted by Gasteiger charge is 2.38. The summed E-state index contributed by atoms with van der Waals surface area (Å²) < 4.78 is 92.5. The number of hydrogen-bond donors (Lipinski definition) is 0. The van der Waals surface area contributed by atoms with E-state index in [0.29, 0.717) is 18.2 Å². The van der Waals surface area contributed by atoms with Crippen molar-refractivity contribution in [2.24, 2.45) is 0 Å². The van der Waals surface area contributed by atoms with E-state index in [9.17, 15) is 30.4 Å². The van der Waals surface area contributed by atoms with Gasteiger partial charge in [0.05, 0.1) is 6.61 Å². The number of rotatable bonds is 6. The number of halogens is 5. The third kappa shape index (κ3) is 4.90. The van der Waals surface area contributed by atoms with Crippen LogP contribution in [0.1, 0.15) is 0 Å². The number of sulfonamides is 1. The Kier molecular flexibility index (Phi) is 5.65. The van der Waals surface area contributed by atoms with E-state index in [1.54, 1.807) is 0 Å². The van der Waals surface area contributed by atoms with Gasteiger partial charge in [0.1, 0.15) is 23.1 Å². The molecule has 1 aromatic rings. The maximum Gasteiger partial charge on any atom is 0.402 e. The molecule has 120 valence electrons. The summed E-state index contributed by atoms with van der Waals surface area (Å²) in [5.74, 6) is -2.41. The summed E-state index contributed by atoms with van der Waals surface area (Å²) in [7, 11) is -3.67. The van der Waals surface area contributed by atoms with Crippen LogP contribution in [0.3, 0.4) is 0 Å². The predicted molar refractivity (Wildman–Crippen MR) is 63.0 cm³/mol. The van der Waals surface area contributed by atoms with Crippen LogP contribution in [0.2, 0.25) is 0 Å². The molecule has 0 aliphatic carbocycles. The molecule has 0 heterocycles. The summed E-state index contributed by atoms with van der Waals surface area (Å²) >= 11 is 0. The molecular weight excluding hydrogens is 321 g/mol. The van der Waals surface area contributed by atoms with Gasteiger partial charge in [-0.1, -0.05) is 0 Å². The topological polar surface area (TPSA) is 46.6 Å². The van der Waals surface area contributed by atoms with Crippen LogP contribution in [0, 0.1) is 11.6 Å². The minimum Gasteiger partial charge on any atom is -0.383 e. The zero-order chi connectivity index (χ0) is 16.3. The molecular formula is C11H12F5NO3S. The lowest BCUT2D eigenvalue weighted by molar-refractivity contribution is -0.136. The maximum atomic E-state index is 13.5. The zero-order valence-electron chi connectivity index (χ0n) is 10.8. The van der Waals surface area contributed by atoms with Gasteiger partial charge in [0, 0.05) is 13.7 Å². The molecule has 0 spiro atoms. The van der Waals surface area contributed by atoms with Crippen molar-refractivity contribution in [3.63, 3.8) is 0 Å². The summed E-state index contributed by atoms with van der Waals surface area (Å²) in [6, 6.07) is 1.53. The van der Waals surface area contributed by atoms with Crippen LogP contribution in [-0.4, -0.2) is 45.7 Å². The Bertz CT molecular complexity index is 588. The van der Waals surface area contributed by atoms with Gasteiger partial charge in [-0.2, -0.15) is 17.5 Å². The van der Waals surface area contributed by atoms with Crippen molar-refractivity contribution in [2.45, 2.75) is 11.1 Å². The Labute approximate surface area is 118 Å². The van der Waals surface area contributed by atoms with E-state index < -0.39 is 45.8 Å². The molecule has 0 saturated heterocycles. The molecule has 0 amide bonds. The number of nitrogens with zero attached hydrogens (tertiary/aromatic N) is 1. The van der Waals surface area contributed by atoms with Crippen LogP contribution >= 0.6 is 0 Å². The molecule has 21 heavy (non-hydrogen) atoms. The standard InChI is InChI=1S/C11H12F5NO3S/c1-20-5-4-17(7-11(14,15)16)21(18,19)10-6-8(12)2-3-9(10)13/h2-3,6H,4-5,7H2,1H3. The van der Waals surface area contributed by atoms with E-state index in [0.717, 1.165) is 0 Å². The average molecular weight is 333 g/mol. The lowest BCUT2D eigenvalue weighted by Crippen LogP contribution is -2.41. The monoisotopic (exact) mass is 333 g/mol. The van der Waals surface area contributed by atoms with Gasteiger partial charge in [-0.15, -0.1) is 0 Å². The molecule has 0 aliphatic heterocycles. The molecule has 10 heteroatoms. The second kappa shape index (κ2) is 6.67. The molecule has 0 atom stereocenters. The summed E-state index contributed by atoms with van der Waals surface area (Å²) in [4.78, 5) is -1.15. The molecule has 0 radical (unpaired) electrons. The fourth-order valence-corrected chi connectivity index (χ4v) is 2.98. The molecule has 0 aromatic heterocycles. The Hall–Kier alpha value is -1.26. The van der Waals surface area contributed by atoms with E-state index in [1.807, 2.05) is 0 Å². The van der Waals surface area contributed by atoms with Gasteiger partial charge in [0.2, 0.25) is 10.0 Å². The van der Waals surface area contributed by atoms with Crippen LogP contribution in [0.15, 0.2) is 23.1 Å². The molecule has 0 unspecified atom stereocenters. The Balaban J connectivity index is 3.22.